The number of hydrogen-bond acceptors (Lipinski definition) is 3. The van der Waals surface area contributed by atoms with Crippen molar-refractivity contribution < 1.29 is 22.4 Å². The molecule has 4 rings (SSSR count). The van der Waals surface area contributed by atoms with Gasteiger partial charge >= 0.3 is 6.18 Å². The first-order chi connectivity index (χ1) is 12.3. The molecule has 0 atom stereocenters. The summed E-state index contributed by atoms with van der Waals surface area (Å²) in [6, 6.07) is 4.38. The monoisotopic (exact) mass is 368 g/mol. The van der Waals surface area contributed by atoms with E-state index in [4.69, 9.17) is 0 Å². The summed E-state index contributed by atoms with van der Waals surface area (Å²) in [5.74, 6) is -1.33. The largest absolute Gasteiger partial charge is 0.435 e. The van der Waals surface area contributed by atoms with E-state index in [0.717, 1.165) is 49.9 Å². The van der Waals surface area contributed by atoms with Gasteiger partial charge in [0.2, 0.25) is 0 Å². The lowest BCUT2D eigenvalue weighted by molar-refractivity contribution is -0.143. The van der Waals surface area contributed by atoms with Crippen LogP contribution >= 0.6 is 0 Å². The molecule has 0 bridgehead atoms. The number of aromatic nitrogens is 3. The van der Waals surface area contributed by atoms with Crippen LogP contribution in [0.5, 0.6) is 0 Å². The maximum atomic E-state index is 13.7. The minimum Gasteiger partial charge on any atom is -0.337 e. The van der Waals surface area contributed by atoms with Crippen LogP contribution < -0.4 is 0 Å². The Balaban J connectivity index is 1.72. The van der Waals surface area contributed by atoms with Crippen LogP contribution in [0.1, 0.15) is 41.9 Å². The number of carbonyl (C=O) groups is 1. The third kappa shape index (κ3) is 2.95. The fourth-order valence-corrected chi connectivity index (χ4v) is 3.56. The standard InChI is InChI=1S/C17H16F4N4O/c18-11-2-4-12(5-3-11)25-14(17(19,20)21)13(22-23-25)15(26)24-9-1-6-16(10-24)7-8-16/h2-5H,1,6-10H2. The highest BCUT2D eigenvalue weighted by Gasteiger charge is 2.48. The van der Waals surface area contributed by atoms with Gasteiger partial charge in [-0.05, 0) is 55.4 Å². The van der Waals surface area contributed by atoms with Gasteiger partial charge in [-0.3, -0.25) is 4.79 Å². The molecule has 9 heteroatoms. The molecule has 1 aromatic heterocycles. The van der Waals surface area contributed by atoms with Crippen molar-refractivity contribution >= 4 is 5.91 Å². The number of nitrogens with zero attached hydrogens (tertiary/aromatic N) is 4. The van der Waals surface area contributed by atoms with Gasteiger partial charge in [0.1, 0.15) is 5.82 Å². The molecule has 1 saturated heterocycles. The molecule has 1 amide bonds. The summed E-state index contributed by atoms with van der Waals surface area (Å²) in [6.07, 6.45) is -1.03. The molecule has 5 nitrogen and oxygen atoms in total. The number of amides is 1. The van der Waals surface area contributed by atoms with Crippen LogP contribution in [0.3, 0.4) is 0 Å². The zero-order valence-electron chi connectivity index (χ0n) is 13.8. The number of likely N-dealkylation sites (tertiary alicyclic amines) is 1. The Hall–Kier alpha value is -2.45. The van der Waals surface area contributed by atoms with E-state index in [0.29, 0.717) is 17.8 Å². The van der Waals surface area contributed by atoms with E-state index >= 15 is 0 Å². The second-order valence-electron chi connectivity index (χ2n) is 7.00. The third-order valence-corrected chi connectivity index (χ3v) is 5.12. The molecule has 1 saturated carbocycles. The van der Waals surface area contributed by atoms with Crippen molar-refractivity contribution in [2.45, 2.75) is 31.9 Å². The van der Waals surface area contributed by atoms with Gasteiger partial charge < -0.3 is 4.90 Å². The van der Waals surface area contributed by atoms with Gasteiger partial charge in [0.05, 0.1) is 5.69 Å². The molecular weight excluding hydrogens is 352 g/mol. The maximum absolute atomic E-state index is 13.7. The quantitative estimate of drug-likeness (QED) is 0.763. The van der Waals surface area contributed by atoms with Crippen LogP contribution in [-0.2, 0) is 6.18 Å². The van der Waals surface area contributed by atoms with E-state index in [1.54, 1.807) is 0 Å². The number of carbonyl (C=O) groups excluding carboxylic acids is 1. The topological polar surface area (TPSA) is 51.0 Å². The Morgan fingerprint density at radius 1 is 1.12 bits per heavy atom. The highest BCUT2D eigenvalue weighted by molar-refractivity contribution is 5.93. The summed E-state index contributed by atoms with van der Waals surface area (Å²) >= 11 is 0. The molecule has 0 N–H and O–H groups in total. The molecule has 2 aromatic rings. The molecule has 2 fully saturated rings. The predicted molar refractivity (Wildman–Crippen MR) is 83.1 cm³/mol. The second kappa shape index (κ2) is 5.78. The summed E-state index contributed by atoms with van der Waals surface area (Å²) in [5.41, 5.74) is -1.87. The number of hydrogen-bond donors (Lipinski definition) is 0. The van der Waals surface area contributed by atoms with Crippen LogP contribution in [0, 0.1) is 11.2 Å². The second-order valence-corrected chi connectivity index (χ2v) is 7.00. The lowest BCUT2D eigenvalue weighted by Gasteiger charge is -2.32. The van der Waals surface area contributed by atoms with Crippen LogP contribution in [0.25, 0.3) is 5.69 Å². The molecule has 2 aliphatic rings. The lowest BCUT2D eigenvalue weighted by Crippen LogP contribution is -2.41. The van der Waals surface area contributed by atoms with Crippen LogP contribution in [0.2, 0.25) is 0 Å². The summed E-state index contributed by atoms with van der Waals surface area (Å²) in [4.78, 5) is 14.2. The molecular formula is C17H16F4N4O. The van der Waals surface area contributed by atoms with E-state index in [1.807, 2.05) is 0 Å². The molecule has 26 heavy (non-hydrogen) atoms. The minimum atomic E-state index is -4.82. The fraction of sp³-hybridized carbons (Fsp3) is 0.471. The van der Waals surface area contributed by atoms with Gasteiger partial charge in [0.15, 0.2) is 11.4 Å². The van der Waals surface area contributed by atoms with Crippen molar-refractivity contribution in [3.8, 4) is 5.69 Å². The highest BCUT2D eigenvalue weighted by Crippen LogP contribution is 2.52. The summed E-state index contributed by atoms with van der Waals surface area (Å²) < 4.78 is 54.6. The van der Waals surface area contributed by atoms with Crippen LogP contribution in [0.15, 0.2) is 24.3 Å². The number of piperidine rings is 1. The number of alkyl halides is 3. The van der Waals surface area contributed by atoms with E-state index in [-0.39, 0.29) is 11.1 Å². The summed E-state index contributed by atoms with van der Waals surface area (Å²) in [6.45, 7) is 0.883. The Morgan fingerprint density at radius 3 is 2.42 bits per heavy atom. The van der Waals surface area contributed by atoms with Gasteiger partial charge in [-0.15, -0.1) is 5.10 Å². The molecule has 1 spiro atoms. The molecule has 2 heterocycles. The number of benzene rings is 1. The van der Waals surface area contributed by atoms with Crippen molar-refractivity contribution in [3.63, 3.8) is 0 Å². The van der Waals surface area contributed by atoms with Crippen LogP contribution in [-0.4, -0.2) is 38.9 Å². The Kier molecular flexibility index (Phi) is 3.78. The molecule has 1 aliphatic carbocycles. The predicted octanol–water partition coefficient (Wildman–Crippen LogP) is 3.44. The summed E-state index contributed by atoms with van der Waals surface area (Å²) in [7, 11) is 0. The first-order valence-electron chi connectivity index (χ1n) is 8.37. The average Bonchev–Trinajstić information content (AvgIpc) is 3.17. The van der Waals surface area contributed by atoms with Crippen molar-refractivity contribution in [1.29, 1.82) is 0 Å². The van der Waals surface area contributed by atoms with E-state index in [9.17, 15) is 22.4 Å². The van der Waals surface area contributed by atoms with Crippen molar-refractivity contribution in [1.82, 2.24) is 19.9 Å². The Bertz CT molecular complexity index is 839. The van der Waals surface area contributed by atoms with Crippen molar-refractivity contribution in [3.05, 3.63) is 41.5 Å². The lowest BCUT2D eigenvalue weighted by atomic mass is 9.95. The number of halogens is 4. The van der Waals surface area contributed by atoms with E-state index in [1.165, 1.54) is 4.90 Å². The van der Waals surface area contributed by atoms with Gasteiger partial charge in [-0.1, -0.05) is 5.21 Å². The fourth-order valence-electron chi connectivity index (χ4n) is 3.56. The Labute approximate surface area is 146 Å². The highest BCUT2D eigenvalue weighted by atomic mass is 19.4. The third-order valence-electron chi connectivity index (χ3n) is 5.12. The first kappa shape index (κ1) is 17.0. The van der Waals surface area contributed by atoms with Crippen molar-refractivity contribution in [2.75, 3.05) is 13.1 Å². The SMILES string of the molecule is O=C(c1nnn(-c2ccc(F)cc2)c1C(F)(F)F)N1CCCC2(CC2)C1. The maximum Gasteiger partial charge on any atom is 0.435 e. The smallest absolute Gasteiger partial charge is 0.337 e. The van der Waals surface area contributed by atoms with Gasteiger partial charge in [0.25, 0.3) is 5.91 Å². The van der Waals surface area contributed by atoms with E-state index in [2.05, 4.69) is 10.3 Å². The van der Waals surface area contributed by atoms with Gasteiger partial charge in [0, 0.05) is 13.1 Å². The summed E-state index contributed by atoms with van der Waals surface area (Å²) in [5, 5.41) is 7.06. The normalized spacial score (nSPS) is 19.0. The van der Waals surface area contributed by atoms with Gasteiger partial charge in [-0.2, -0.15) is 13.2 Å². The molecule has 0 radical (unpaired) electrons. The molecule has 1 aromatic carbocycles. The zero-order chi connectivity index (χ0) is 18.5. The average molecular weight is 368 g/mol. The Morgan fingerprint density at radius 2 is 1.81 bits per heavy atom. The van der Waals surface area contributed by atoms with E-state index < -0.39 is 29.3 Å². The molecule has 1 aliphatic heterocycles. The minimum absolute atomic E-state index is 0.0115. The van der Waals surface area contributed by atoms with Crippen LogP contribution in [0.4, 0.5) is 17.6 Å². The van der Waals surface area contributed by atoms with Crippen molar-refractivity contribution in [2.24, 2.45) is 5.41 Å². The first-order valence-corrected chi connectivity index (χ1v) is 8.37. The molecule has 138 valence electrons. The number of rotatable bonds is 2. The zero-order valence-corrected chi connectivity index (χ0v) is 13.8. The van der Waals surface area contributed by atoms with Gasteiger partial charge in [-0.25, -0.2) is 9.07 Å². The molecule has 0 unspecified atom stereocenters.